The molecule has 0 unspecified atom stereocenters. The van der Waals surface area contributed by atoms with E-state index in [4.69, 9.17) is 0 Å². The average Bonchev–Trinajstić information content (AvgIpc) is 3.20. The summed E-state index contributed by atoms with van der Waals surface area (Å²) in [5.41, 5.74) is 1.09. The summed E-state index contributed by atoms with van der Waals surface area (Å²) in [5.74, 6) is -2.62. The molecule has 2 aliphatic rings. The van der Waals surface area contributed by atoms with Crippen molar-refractivity contribution in [1.29, 1.82) is 0 Å². The number of carbonyl (C=O) groups is 1. The van der Waals surface area contributed by atoms with E-state index < -0.39 is 33.6 Å². The fourth-order valence-corrected chi connectivity index (χ4v) is 7.61. The fraction of sp³-hybridized carbons (Fsp3) is 0.379. The first-order valence-corrected chi connectivity index (χ1v) is 15.6. The predicted octanol–water partition coefficient (Wildman–Crippen LogP) is 3.38. The number of amides is 2. The minimum absolute atomic E-state index is 0.0229. The lowest BCUT2D eigenvalue weighted by Gasteiger charge is -2.34. The maximum absolute atomic E-state index is 14.8. The third-order valence-electron chi connectivity index (χ3n) is 8.34. The van der Waals surface area contributed by atoms with Gasteiger partial charge in [0.25, 0.3) is 0 Å². The van der Waals surface area contributed by atoms with Crippen LogP contribution in [0.15, 0.2) is 70.7 Å². The number of rotatable bonds is 5. The maximum Gasteiger partial charge on any atom is 0.327 e. The van der Waals surface area contributed by atoms with Crippen LogP contribution in [0.4, 0.5) is 13.6 Å². The molecule has 14 heteroatoms. The van der Waals surface area contributed by atoms with Gasteiger partial charge >= 0.3 is 11.7 Å². The molecule has 3 aromatic heterocycles. The first-order chi connectivity index (χ1) is 20.7. The highest BCUT2D eigenvalue weighted by atomic mass is 32.2. The van der Waals surface area contributed by atoms with Gasteiger partial charge in [-0.05, 0) is 61.6 Å². The molecule has 6 rings (SSSR count). The standard InChI is InChI=1S/C29H31F2N7O4S/c30-24-6-1-5-23(26(24)31)19-8-9-20(18-37(17-19)43(41,42)22-4-2-12-32-16-22)34-28(39)36-14-10-21(11-15-36)38-25-7-3-13-33-27(25)35-29(38)40/h1-7,12-13,16,19-21H,8-11,14-15,17-18H2,(H,34,39)(H,33,35,40)/t19-,20-/m1/s1. The van der Waals surface area contributed by atoms with Crippen LogP contribution in [0.5, 0.6) is 0 Å². The number of piperidine rings is 1. The van der Waals surface area contributed by atoms with Gasteiger partial charge in [-0.2, -0.15) is 4.31 Å². The number of aromatic nitrogens is 4. The van der Waals surface area contributed by atoms with Crippen molar-refractivity contribution in [2.45, 2.75) is 48.6 Å². The second kappa shape index (κ2) is 11.8. The number of hydrogen-bond acceptors (Lipinski definition) is 6. The van der Waals surface area contributed by atoms with Crippen LogP contribution in [-0.2, 0) is 10.0 Å². The lowest BCUT2D eigenvalue weighted by molar-refractivity contribution is 0.167. The van der Waals surface area contributed by atoms with Gasteiger partial charge in [0.1, 0.15) is 4.90 Å². The molecule has 0 spiro atoms. The van der Waals surface area contributed by atoms with E-state index in [9.17, 15) is 26.8 Å². The molecule has 0 bridgehead atoms. The summed E-state index contributed by atoms with van der Waals surface area (Å²) in [6.07, 6.45) is 6.13. The topological polar surface area (TPSA) is 133 Å². The van der Waals surface area contributed by atoms with Gasteiger partial charge in [-0.3, -0.25) is 14.5 Å². The number of fused-ring (bicyclic) bond motifs is 1. The summed E-state index contributed by atoms with van der Waals surface area (Å²) in [6, 6.07) is 9.43. The number of nitrogens with zero attached hydrogens (tertiary/aromatic N) is 5. The van der Waals surface area contributed by atoms with E-state index in [1.807, 2.05) is 6.07 Å². The molecule has 2 saturated heterocycles. The first kappa shape index (κ1) is 28.9. The van der Waals surface area contributed by atoms with Crippen molar-refractivity contribution in [3.05, 3.63) is 88.7 Å². The number of nitrogens with one attached hydrogen (secondary N) is 2. The van der Waals surface area contributed by atoms with Crippen molar-refractivity contribution < 1.29 is 22.0 Å². The number of imidazole rings is 1. The smallest absolute Gasteiger partial charge is 0.327 e. The number of aromatic amines is 1. The van der Waals surface area contributed by atoms with Crippen LogP contribution >= 0.6 is 0 Å². The minimum atomic E-state index is -4.05. The molecule has 1 aromatic carbocycles. The number of H-pyrrole nitrogens is 1. The van der Waals surface area contributed by atoms with E-state index in [0.717, 1.165) is 6.07 Å². The minimum Gasteiger partial charge on any atom is -0.334 e. The van der Waals surface area contributed by atoms with Crippen molar-refractivity contribution in [1.82, 2.24) is 34.0 Å². The highest BCUT2D eigenvalue weighted by molar-refractivity contribution is 7.89. The number of likely N-dealkylation sites (tertiary alicyclic amines) is 1. The lowest BCUT2D eigenvalue weighted by atomic mass is 9.93. The van der Waals surface area contributed by atoms with Crippen molar-refractivity contribution in [2.24, 2.45) is 0 Å². The van der Waals surface area contributed by atoms with Gasteiger partial charge in [-0.25, -0.2) is 31.8 Å². The second-order valence-corrected chi connectivity index (χ2v) is 12.9. The lowest BCUT2D eigenvalue weighted by Crippen LogP contribution is -2.51. The Hall–Kier alpha value is -4.17. The molecule has 2 aliphatic heterocycles. The molecule has 2 amide bonds. The van der Waals surface area contributed by atoms with Crippen LogP contribution < -0.4 is 11.0 Å². The number of benzene rings is 1. The molecule has 2 fully saturated rings. The van der Waals surface area contributed by atoms with Crippen LogP contribution in [0.1, 0.15) is 43.2 Å². The van der Waals surface area contributed by atoms with Crippen molar-refractivity contribution in [3.8, 4) is 0 Å². The number of pyridine rings is 2. The number of halogens is 2. The van der Waals surface area contributed by atoms with E-state index in [1.165, 1.54) is 41.0 Å². The SMILES string of the molecule is O=C(N[C@@H]1CC[C@@H](c2cccc(F)c2F)CN(S(=O)(=O)c2cccnc2)C1)N1CCC(n2c(=O)[nH]c3ncccc32)CC1. The summed E-state index contributed by atoms with van der Waals surface area (Å²) in [5, 5.41) is 2.98. The number of urea groups is 1. The van der Waals surface area contributed by atoms with E-state index in [1.54, 1.807) is 21.7 Å². The van der Waals surface area contributed by atoms with Crippen LogP contribution in [0, 0.1) is 11.6 Å². The zero-order valence-corrected chi connectivity index (χ0v) is 24.0. The van der Waals surface area contributed by atoms with Gasteiger partial charge in [0.15, 0.2) is 17.3 Å². The Kier molecular flexibility index (Phi) is 7.97. The van der Waals surface area contributed by atoms with Crippen LogP contribution in [0.3, 0.4) is 0 Å². The average molecular weight is 612 g/mol. The highest BCUT2D eigenvalue weighted by Crippen LogP contribution is 2.32. The number of sulfonamides is 1. The molecule has 0 saturated carbocycles. The van der Waals surface area contributed by atoms with E-state index in [0.29, 0.717) is 49.9 Å². The molecule has 2 atom stereocenters. The quantitative estimate of drug-likeness (QED) is 0.356. The first-order valence-electron chi connectivity index (χ1n) is 14.2. The molecule has 226 valence electrons. The molecule has 11 nitrogen and oxygen atoms in total. The Labute approximate surface area is 246 Å². The summed E-state index contributed by atoms with van der Waals surface area (Å²) in [6.45, 7) is 0.684. The zero-order valence-electron chi connectivity index (χ0n) is 23.2. The van der Waals surface area contributed by atoms with E-state index in [2.05, 4.69) is 20.3 Å². The van der Waals surface area contributed by atoms with Gasteiger partial charge in [0, 0.05) is 62.8 Å². The fourth-order valence-electron chi connectivity index (χ4n) is 6.12. The summed E-state index contributed by atoms with van der Waals surface area (Å²) >= 11 is 0. The van der Waals surface area contributed by atoms with E-state index >= 15 is 0 Å². The molecule has 0 radical (unpaired) electrons. The van der Waals surface area contributed by atoms with Crippen LogP contribution in [-0.4, -0.2) is 75.4 Å². The van der Waals surface area contributed by atoms with Crippen molar-refractivity contribution >= 4 is 27.2 Å². The van der Waals surface area contributed by atoms with Gasteiger partial charge in [0.2, 0.25) is 10.0 Å². The number of carbonyl (C=O) groups excluding carboxylic acids is 1. The van der Waals surface area contributed by atoms with Crippen molar-refractivity contribution in [2.75, 3.05) is 26.2 Å². The molecule has 4 aromatic rings. The Balaban J connectivity index is 1.18. The van der Waals surface area contributed by atoms with Gasteiger partial charge in [0.05, 0.1) is 5.52 Å². The molecule has 43 heavy (non-hydrogen) atoms. The largest absolute Gasteiger partial charge is 0.334 e. The highest BCUT2D eigenvalue weighted by Gasteiger charge is 2.36. The third-order valence-corrected chi connectivity index (χ3v) is 10.2. The molecule has 5 heterocycles. The second-order valence-electron chi connectivity index (χ2n) is 11.0. The Morgan fingerprint density at radius 3 is 2.53 bits per heavy atom. The molecular weight excluding hydrogens is 580 g/mol. The predicted molar refractivity (Wildman–Crippen MR) is 154 cm³/mol. The normalized spacial score (nSPS) is 20.7. The van der Waals surface area contributed by atoms with Crippen LogP contribution in [0.2, 0.25) is 0 Å². The number of hydrogen-bond donors (Lipinski definition) is 2. The molecule has 0 aliphatic carbocycles. The van der Waals surface area contributed by atoms with Gasteiger partial charge in [-0.1, -0.05) is 12.1 Å². The van der Waals surface area contributed by atoms with E-state index in [-0.39, 0.29) is 41.3 Å². The summed E-state index contributed by atoms with van der Waals surface area (Å²) in [7, 11) is -4.05. The summed E-state index contributed by atoms with van der Waals surface area (Å²) < 4.78 is 59.1. The zero-order chi connectivity index (χ0) is 30.1. The van der Waals surface area contributed by atoms with Crippen molar-refractivity contribution in [3.63, 3.8) is 0 Å². The Morgan fingerprint density at radius 2 is 1.77 bits per heavy atom. The molecule has 2 N–H and O–H groups in total. The Morgan fingerprint density at radius 1 is 0.977 bits per heavy atom. The monoisotopic (exact) mass is 611 g/mol. The van der Waals surface area contributed by atoms with Gasteiger partial charge < -0.3 is 10.2 Å². The molecular formula is C29H31F2N7O4S. The summed E-state index contributed by atoms with van der Waals surface area (Å²) in [4.78, 5) is 38.5. The maximum atomic E-state index is 14.8. The Bertz CT molecular complexity index is 1790. The van der Waals surface area contributed by atoms with Crippen LogP contribution in [0.25, 0.3) is 11.2 Å². The third kappa shape index (κ3) is 5.76. The van der Waals surface area contributed by atoms with Gasteiger partial charge in [-0.15, -0.1) is 0 Å².